The lowest BCUT2D eigenvalue weighted by atomic mass is 9.65. The normalized spacial score (nSPS) is 13.5. The second-order valence-corrected chi connectivity index (χ2v) is 14.1. The van der Waals surface area contributed by atoms with Gasteiger partial charge in [0, 0.05) is 0 Å². The van der Waals surface area contributed by atoms with Crippen LogP contribution in [0, 0.1) is 0 Å². The fourth-order valence-electron chi connectivity index (χ4n) is 9.20. The second kappa shape index (κ2) is 15.8. The first kappa shape index (κ1) is 37.2. The quantitative estimate of drug-likeness (QED) is 0.0820. The monoisotopic (exact) mass is 746 g/mol. The maximum atomic E-state index is 6.03. The van der Waals surface area contributed by atoms with E-state index in [2.05, 4.69) is 183 Å². The highest BCUT2D eigenvalue weighted by Gasteiger charge is 2.48. The van der Waals surface area contributed by atoms with Gasteiger partial charge in [-0.05, 0) is 91.0 Å². The lowest BCUT2D eigenvalue weighted by Crippen LogP contribution is -2.30. The average Bonchev–Trinajstić information content (AvgIpc) is 3.73. The first-order chi connectivity index (χ1) is 27.7. The van der Waals surface area contributed by atoms with Crippen molar-refractivity contribution in [3.8, 4) is 33.8 Å². The molecule has 0 amide bonds. The van der Waals surface area contributed by atoms with Crippen LogP contribution in [0.3, 0.4) is 0 Å². The zero-order valence-electron chi connectivity index (χ0n) is 31.2. The van der Waals surface area contributed by atoms with Crippen LogP contribution >= 0.6 is 0 Å². The van der Waals surface area contributed by atoms with Gasteiger partial charge in [0.25, 0.3) is 0 Å². The molecule has 0 atom stereocenters. The van der Waals surface area contributed by atoms with Gasteiger partial charge in [0.2, 0.25) is 0 Å². The third-order valence-electron chi connectivity index (χ3n) is 11.4. The number of benzene rings is 7. The summed E-state index contributed by atoms with van der Waals surface area (Å²) < 4.78 is 22.6. The van der Waals surface area contributed by atoms with Crippen molar-refractivity contribution in [3.05, 3.63) is 240 Å². The summed E-state index contributed by atoms with van der Waals surface area (Å²) in [6.07, 6.45) is 2.88. The van der Waals surface area contributed by atoms with Crippen LogP contribution in [0.1, 0.15) is 51.9 Å². The molecule has 0 saturated heterocycles. The minimum absolute atomic E-state index is 0. The first-order valence-electron chi connectivity index (χ1n) is 19.1. The van der Waals surface area contributed by atoms with E-state index < -0.39 is 10.8 Å². The van der Waals surface area contributed by atoms with E-state index >= 15 is 0 Å². The van der Waals surface area contributed by atoms with E-state index in [1.54, 1.807) is 0 Å². The number of rotatable bonds is 14. The van der Waals surface area contributed by atoms with Gasteiger partial charge < -0.3 is 18.9 Å². The van der Waals surface area contributed by atoms with Crippen LogP contribution in [0.25, 0.3) is 22.3 Å². The molecule has 0 fully saturated rings. The Bertz CT molecular complexity index is 2250. The van der Waals surface area contributed by atoms with Gasteiger partial charge >= 0.3 is 0 Å². The molecule has 0 aliphatic heterocycles. The van der Waals surface area contributed by atoms with E-state index in [4.69, 9.17) is 18.9 Å². The van der Waals surface area contributed by atoms with Crippen LogP contribution in [-0.2, 0) is 20.3 Å². The molecule has 4 heteroatoms. The minimum Gasteiger partial charge on any atom is -0.498 e. The molecular weight excluding hydrogens is 701 g/mol. The first-order valence-corrected chi connectivity index (χ1v) is 19.1. The summed E-state index contributed by atoms with van der Waals surface area (Å²) in [5, 5.41) is 0. The Morgan fingerprint density at radius 2 is 0.614 bits per heavy atom. The molecule has 0 bridgehead atoms. The topological polar surface area (TPSA) is 36.9 Å². The molecule has 2 aliphatic carbocycles. The summed E-state index contributed by atoms with van der Waals surface area (Å²) in [5.74, 6) is 1.60. The van der Waals surface area contributed by atoms with Gasteiger partial charge in [-0.3, -0.25) is 0 Å². The zero-order valence-corrected chi connectivity index (χ0v) is 31.2. The summed E-state index contributed by atoms with van der Waals surface area (Å²) in [6.45, 7) is 9.04. The van der Waals surface area contributed by atoms with Gasteiger partial charge in [-0.25, -0.2) is 0 Å². The van der Waals surface area contributed by atoms with Crippen molar-refractivity contribution in [1.82, 2.24) is 0 Å². The van der Waals surface area contributed by atoms with Crippen LogP contribution in [0.4, 0.5) is 0 Å². The molecule has 7 aromatic carbocycles. The molecule has 2 aliphatic rings. The molecule has 4 nitrogen and oxygen atoms in total. The summed E-state index contributed by atoms with van der Waals surface area (Å²) in [6, 6.07) is 61.9. The molecule has 0 unspecified atom stereocenters. The molecular formula is C53H46O4. The Morgan fingerprint density at radius 3 is 0.895 bits per heavy atom. The highest BCUT2D eigenvalue weighted by Crippen LogP contribution is 2.59. The Kier molecular flexibility index (Phi) is 10.3. The van der Waals surface area contributed by atoms with E-state index in [1.807, 2.05) is 0 Å². The Labute approximate surface area is 336 Å². The number of hydrogen-bond donors (Lipinski definition) is 0. The van der Waals surface area contributed by atoms with Crippen molar-refractivity contribution < 1.29 is 18.9 Å². The van der Waals surface area contributed by atoms with Crippen molar-refractivity contribution in [3.63, 3.8) is 0 Å². The SMILES string of the molecule is C.C=COCCOc1ccc(C2(c3ccc(C4(c5ccc(OCCOC=C)cc5)c5ccccc5-c5ccccc54)cc3)c3ccccc3-c3ccccc32)cc1. The van der Waals surface area contributed by atoms with Crippen LogP contribution in [-0.4, -0.2) is 26.4 Å². The summed E-state index contributed by atoms with van der Waals surface area (Å²) in [5.41, 5.74) is 13.7. The number of ether oxygens (including phenoxy) is 4. The van der Waals surface area contributed by atoms with E-state index in [1.165, 1.54) is 79.3 Å². The molecule has 0 spiro atoms. The maximum Gasteiger partial charge on any atom is 0.122 e. The van der Waals surface area contributed by atoms with Crippen LogP contribution in [0.2, 0.25) is 0 Å². The molecule has 282 valence electrons. The molecule has 9 rings (SSSR count). The third kappa shape index (κ3) is 6.00. The van der Waals surface area contributed by atoms with Gasteiger partial charge in [0.15, 0.2) is 0 Å². The Hall–Kier alpha value is -6.78. The van der Waals surface area contributed by atoms with Crippen molar-refractivity contribution in [1.29, 1.82) is 0 Å². The van der Waals surface area contributed by atoms with Gasteiger partial charge in [0.1, 0.15) is 37.9 Å². The number of fused-ring (bicyclic) bond motifs is 6. The van der Waals surface area contributed by atoms with Crippen molar-refractivity contribution >= 4 is 0 Å². The van der Waals surface area contributed by atoms with Crippen molar-refractivity contribution in [2.24, 2.45) is 0 Å². The van der Waals surface area contributed by atoms with Crippen LogP contribution in [0.15, 0.2) is 196 Å². The van der Waals surface area contributed by atoms with Gasteiger partial charge in [-0.1, -0.05) is 166 Å². The largest absolute Gasteiger partial charge is 0.498 e. The van der Waals surface area contributed by atoms with E-state index in [9.17, 15) is 0 Å². The smallest absolute Gasteiger partial charge is 0.122 e. The predicted molar refractivity (Wildman–Crippen MR) is 231 cm³/mol. The predicted octanol–water partition coefficient (Wildman–Crippen LogP) is 12.1. The Morgan fingerprint density at radius 1 is 0.351 bits per heavy atom. The fraction of sp³-hybridized carbons (Fsp3) is 0.132. The van der Waals surface area contributed by atoms with Gasteiger partial charge in [0.05, 0.1) is 23.4 Å². The summed E-state index contributed by atoms with van der Waals surface area (Å²) in [7, 11) is 0. The van der Waals surface area contributed by atoms with Crippen LogP contribution < -0.4 is 9.47 Å². The fourth-order valence-corrected chi connectivity index (χ4v) is 9.20. The van der Waals surface area contributed by atoms with Crippen molar-refractivity contribution in [2.75, 3.05) is 26.4 Å². The highest BCUT2D eigenvalue weighted by molar-refractivity contribution is 5.88. The van der Waals surface area contributed by atoms with Crippen molar-refractivity contribution in [2.45, 2.75) is 18.3 Å². The lowest BCUT2D eigenvalue weighted by molar-refractivity contribution is 0.179. The molecule has 7 aromatic rings. The van der Waals surface area contributed by atoms with E-state index in [0.29, 0.717) is 26.4 Å². The van der Waals surface area contributed by atoms with Gasteiger partial charge in [-0.15, -0.1) is 0 Å². The lowest BCUT2D eigenvalue weighted by Gasteiger charge is -2.36. The summed E-state index contributed by atoms with van der Waals surface area (Å²) in [4.78, 5) is 0. The molecule has 0 saturated carbocycles. The third-order valence-corrected chi connectivity index (χ3v) is 11.4. The molecule has 0 N–H and O–H groups in total. The van der Waals surface area contributed by atoms with Crippen LogP contribution in [0.5, 0.6) is 11.5 Å². The molecule has 0 radical (unpaired) electrons. The molecule has 0 heterocycles. The molecule has 0 aromatic heterocycles. The Balaban J connectivity index is 0.00000455. The second-order valence-electron chi connectivity index (χ2n) is 14.1. The van der Waals surface area contributed by atoms with E-state index in [0.717, 1.165) is 11.5 Å². The standard InChI is InChI=1S/C52H42O4.CH4/c1-3-53-33-35-55-41-29-25-39(26-30-41)51(47-17-9-5-13-43(47)44-14-6-10-18-48(44)51)37-21-23-38(24-22-37)52(40-27-31-42(32-28-40)56-36-34-54-4-2)49-19-11-7-15-45(49)46-16-8-12-20-50(46)52;/h3-32H,1-2,33-36H2;1H4. The van der Waals surface area contributed by atoms with Gasteiger partial charge in [-0.2, -0.15) is 0 Å². The number of hydrogen-bond acceptors (Lipinski definition) is 4. The average molecular weight is 747 g/mol. The maximum absolute atomic E-state index is 6.03. The van der Waals surface area contributed by atoms with E-state index in [-0.39, 0.29) is 7.43 Å². The summed E-state index contributed by atoms with van der Waals surface area (Å²) >= 11 is 0. The molecule has 57 heavy (non-hydrogen) atoms. The zero-order chi connectivity index (χ0) is 38.0. The highest BCUT2D eigenvalue weighted by atomic mass is 16.5. The minimum atomic E-state index is -0.552.